The summed E-state index contributed by atoms with van der Waals surface area (Å²) < 4.78 is 7.77. The molecular weight excluding hydrogens is 580 g/mol. The van der Waals surface area contributed by atoms with E-state index >= 15 is 0 Å². The molecule has 0 unspecified atom stereocenters. The summed E-state index contributed by atoms with van der Waals surface area (Å²) in [7, 11) is 1.54. The van der Waals surface area contributed by atoms with Crippen LogP contribution in [0.15, 0.2) is 82.4 Å². The van der Waals surface area contributed by atoms with Gasteiger partial charge in [0, 0.05) is 16.0 Å². The lowest BCUT2D eigenvalue weighted by Crippen LogP contribution is -2.41. The molecule has 0 aliphatic rings. The van der Waals surface area contributed by atoms with Gasteiger partial charge in [0.2, 0.25) is 0 Å². The summed E-state index contributed by atoms with van der Waals surface area (Å²) in [6.07, 6.45) is -0.629. The Morgan fingerprint density at radius 2 is 1.70 bits per heavy atom. The zero-order valence-electron chi connectivity index (χ0n) is 24.3. The molecule has 0 bridgehead atoms. The van der Waals surface area contributed by atoms with Crippen LogP contribution in [0.4, 0.5) is 4.79 Å². The summed E-state index contributed by atoms with van der Waals surface area (Å²) in [4.78, 5) is 53.2. The van der Waals surface area contributed by atoms with Crippen molar-refractivity contribution in [2.45, 2.75) is 33.4 Å². The Kier molecular flexibility index (Phi) is 8.59. The van der Waals surface area contributed by atoms with Crippen LogP contribution in [0, 0.1) is 12.3 Å². The number of aryl methyl sites for hydroxylation is 2. The molecule has 0 spiro atoms. The number of fused-ring (bicyclic) bond motifs is 1. The number of carboxylic acid groups (broad SMARTS) is 1. The largest absolute Gasteiger partial charge is 0.497 e. The Bertz CT molecular complexity index is 2040. The molecule has 0 saturated carbocycles. The number of aromatic nitrogens is 2. The monoisotopic (exact) mass is 610 g/mol. The van der Waals surface area contributed by atoms with E-state index in [9.17, 15) is 19.2 Å². The summed E-state index contributed by atoms with van der Waals surface area (Å²) in [6.45, 7) is 3.52. The molecule has 0 saturated heterocycles. The van der Waals surface area contributed by atoms with Gasteiger partial charge in [0.05, 0.1) is 25.6 Å². The van der Waals surface area contributed by atoms with Crippen LogP contribution in [-0.2, 0) is 19.5 Å². The number of nitrogens with one attached hydrogen (secondary N) is 2. The summed E-state index contributed by atoms with van der Waals surface area (Å²) in [5, 5.41) is 19.7. The van der Waals surface area contributed by atoms with E-state index in [-0.39, 0.29) is 18.2 Å². The maximum atomic E-state index is 13.8. The predicted octanol–water partition coefficient (Wildman–Crippen LogP) is 5.30. The number of hydrogen-bond acceptors (Lipinski definition) is 7. The Labute approximate surface area is 256 Å². The van der Waals surface area contributed by atoms with Gasteiger partial charge in [0.1, 0.15) is 16.4 Å². The third-order valence-corrected chi connectivity index (χ3v) is 8.67. The topological polar surface area (TPSA) is 143 Å². The third-order valence-electron chi connectivity index (χ3n) is 7.36. The molecule has 1 amide bonds. The van der Waals surface area contributed by atoms with E-state index < -0.39 is 23.9 Å². The fraction of sp³-hybridized carbons (Fsp3) is 0.182. The minimum Gasteiger partial charge on any atom is -0.497 e. The quantitative estimate of drug-likeness (QED) is 0.117. The van der Waals surface area contributed by atoms with Crippen molar-refractivity contribution < 1.29 is 19.4 Å². The van der Waals surface area contributed by atoms with E-state index in [1.54, 1.807) is 55.5 Å². The van der Waals surface area contributed by atoms with Crippen molar-refractivity contribution in [1.29, 1.82) is 5.41 Å². The number of amidine groups is 1. The Balaban J connectivity index is 1.52. The van der Waals surface area contributed by atoms with E-state index in [1.807, 2.05) is 31.2 Å². The molecule has 11 heteroatoms. The summed E-state index contributed by atoms with van der Waals surface area (Å²) >= 11 is 1.38. The third kappa shape index (κ3) is 5.95. The number of ketones is 1. The average Bonchev–Trinajstić information content (AvgIpc) is 3.46. The second-order valence-corrected chi connectivity index (χ2v) is 11.3. The lowest BCUT2D eigenvalue weighted by Gasteiger charge is -2.14. The lowest BCUT2D eigenvalue weighted by molar-refractivity contribution is 0.0968. The second kappa shape index (κ2) is 12.5. The van der Waals surface area contributed by atoms with Gasteiger partial charge in [-0.25, -0.2) is 9.59 Å². The number of thiophene rings is 1. The average molecular weight is 611 g/mol. The van der Waals surface area contributed by atoms with E-state index in [0.29, 0.717) is 44.6 Å². The smallest absolute Gasteiger partial charge is 0.410 e. The zero-order chi connectivity index (χ0) is 31.5. The molecule has 0 aliphatic heterocycles. The molecule has 0 atom stereocenters. The highest BCUT2D eigenvalue weighted by Gasteiger charge is 2.20. The number of carbonyl (C=O) groups is 2. The Morgan fingerprint density at radius 3 is 2.36 bits per heavy atom. The number of carbonyl (C=O) groups excluding carboxylic acids is 1. The van der Waals surface area contributed by atoms with Gasteiger partial charge in [-0.2, -0.15) is 0 Å². The van der Waals surface area contributed by atoms with E-state index in [4.69, 9.17) is 15.3 Å². The van der Waals surface area contributed by atoms with Crippen LogP contribution in [0.1, 0.15) is 38.8 Å². The second-order valence-electron chi connectivity index (χ2n) is 10.2. The first kappa shape index (κ1) is 30.2. The summed E-state index contributed by atoms with van der Waals surface area (Å²) in [6, 6.07) is 21.2. The van der Waals surface area contributed by atoms with Crippen molar-refractivity contribution >= 4 is 39.3 Å². The maximum Gasteiger partial charge on any atom is 0.410 e. The van der Waals surface area contributed by atoms with Crippen molar-refractivity contribution in [1.82, 2.24) is 14.5 Å². The first-order valence-corrected chi connectivity index (χ1v) is 14.6. The molecule has 44 heavy (non-hydrogen) atoms. The molecule has 0 fully saturated rings. The van der Waals surface area contributed by atoms with Gasteiger partial charge in [-0.05, 0) is 59.9 Å². The number of Topliss-reactive ketones (excluding diaryl/α,β-unsaturated/α-hetero) is 1. The highest BCUT2D eigenvalue weighted by Crippen LogP contribution is 2.26. The molecular formula is C33H30N4O6S. The number of nitrogens with zero attached hydrogens (tertiary/aromatic N) is 2. The molecule has 3 N–H and O–H groups in total. The lowest BCUT2D eigenvalue weighted by atomic mass is 9.98. The van der Waals surface area contributed by atoms with Crippen molar-refractivity contribution in [3.8, 4) is 16.9 Å². The Hall–Kier alpha value is -5.29. The van der Waals surface area contributed by atoms with Gasteiger partial charge < -0.3 is 9.84 Å². The van der Waals surface area contributed by atoms with Crippen LogP contribution < -0.4 is 21.3 Å². The zero-order valence-corrected chi connectivity index (χ0v) is 25.2. The van der Waals surface area contributed by atoms with Crippen LogP contribution in [0.25, 0.3) is 21.3 Å². The highest BCUT2D eigenvalue weighted by molar-refractivity contribution is 7.18. The van der Waals surface area contributed by atoms with Gasteiger partial charge in [0.25, 0.3) is 5.56 Å². The molecule has 5 rings (SSSR count). The number of benzene rings is 3. The molecule has 224 valence electrons. The first-order chi connectivity index (χ1) is 21.1. The molecule has 0 radical (unpaired) electrons. The van der Waals surface area contributed by atoms with Crippen LogP contribution in [0.2, 0.25) is 0 Å². The number of rotatable bonds is 9. The van der Waals surface area contributed by atoms with Gasteiger partial charge in [0.15, 0.2) is 5.78 Å². The molecule has 0 aliphatic carbocycles. The minimum atomic E-state index is -1.32. The summed E-state index contributed by atoms with van der Waals surface area (Å²) in [5.41, 5.74) is 2.65. The van der Waals surface area contributed by atoms with Crippen molar-refractivity contribution in [3.63, 3.8) is 0 Å². The van der Waals surface area contributed by atoms with Crippen LogP contribution in [-0.4, -0.2) is 39.1 Å². The molecule has 2 heterocycles. The number of hydrogen-bond donors (Lipinski definition) is 3. The molecule has 2 aromatic heterocycles. The molecule has 5 aromatic rings. The predicted molar refractivity (Wildman–Crippen MR) is 171 cm³/mol. The van der Waals surface area contributed by atoms with Crippen molar-refractivity contribution in [3.05, 3.63) is 121 Å². The van der Waals surface area contributed by atoms with E-state index in [1.165, 1.54) is 23.0 Å². The Morgan fingerprint density at radius 1 is 0.977 bits per heavy atom. The fourth-order valence-electron chi connectivity index (χ4n) is 5.11. The number of amides is 1. The minimum absolute atomic E-state index is 0.160. The highest BCUT2D eigenvalue weighted by atomic mass is 32.1. The first-order valence-electron chi connectivity index (χ1n) is 13.8. The number of methoxy groups -OCH3 is 1. The van der Waals surface area contributed by atoms with Gasteiger partial charge in [-0.15, -0.1) is 11.3 Å². The van der Waals surface area contributed by atoms with Gasteiger partial charge >= 0.3 is 11.8 Å². The van der Waals surface area contributed by atoms with E-state index in [0.717, 1.165) is 20.6 Å². The maximum absolute atomic E-state index is 13.8. The van der Waals surface area contributed by atoms with Crippen LogP contribution in [0.3, 0.4) is 0 Å². The molecule has 3 aromatic carbocycles. The fourth-order valence-corrected chi connectivity index (χ4v) is 6.19. The van der Waals surface area contributed by atoms with Crippen molar-refractivity contribution in [2.75, 3.05) is 7.11 Å². The SMILES string of the molecule is CCc1cc2c(=O)n(CC(=O)c3ccc(OC)cc3C)c(=O)n(Cc3ccc(-c4ccccc4C(=N)NC(=O)O)cc3)c2s1. The van der Waals surface area contributed by atoms with Gasteiger partial charge in [-0.1, -0.05) is 55.5 Å². The van der Waals surface area contributed by atoms with E-state index in [2.05, 4.69) is 5.32 Å². The number of ether oxygens (including phenoxy) is 1. The van der Waals surface area contributed by atoms with Crippen molar-refractivity contribution in [2.24, 2.45) is 0 Å². The normalized spacial score (nSPS) is 11.0. The summed E-state index contributed by atoms with van der Waals surface area (Å²) in [5.74, 6) is 0.0133. The molecule has 10 nitrogen and oxygen atoms in total. The standard InChI is InChI=1S/C33H30N4O6S/c1-4-23-16-27-30(39)36(18-28(38)24-14-13-22(43-3)15-19(24)2)33(42)37(31(27)44-23)17-20-9-11-21(12-10-20)25-7-5-6-8-26(25)29(34)35-32(40)41/h5-16H,4,17-18H2,1-3H3,(H2,34,35)(H,40,41). The van der Waals surface area contributed by atoms with Gasteiger partial charge in [-0.3, -0.25) is 29.4 Å². The van der Waals surface area contributed by atoms with Crippen LogP contribution >= 0.6 is 11.3 Å². The van der Waals surface area contributed by atoms with Crippen LogP contribution in [0.5, 0.6) is 5.75 Å².